The molecule has 0 radical (unpaired) electrons. The van der Waals surface area contributed by atoms with E-state index in [0.29, 0.717) is 19.5 Å². The maximum Gasteiger partial charge on any atom is 0.246 e. The van der Waals surface area contributed by atoms with E-state index in [0.717, 1.165) is 26.2 Å². The minimum atomic E-state index is -0.343. The summed E-state index contributed by atoms with van der Waals surface area (Å²) in [6.45, 7) is 5.00. The van der Waals surface area contributed by atoms with E-state index in [-0.39, 0.29) is 17.9 Å². The van der Waals surface area contributed by atoms with Crippen LogP contribution in [0.5, 0.6) is 0 Å². The fourth-order valence-electron chi connectivity index (χ4n) is 2.93. The van der Waals surface area contributed by atoms with Gasteiger partial charge in [-0.1, -0.05) is 0 Å². The van der Waals surface area contributed by atoms with Crippen molar-refractivity contribution in [2.45, 2.75) is 25.3 Å². The summed E-state index contributed by atoms with van der Waals surface area (Å²) >= 11 is 0. The van der Waals surface area contributed by atoms with Gasteiger partial charge in [-0.2, -0.15) is 0 Å². The lowest BCUT2D eigenvalue weighted by Gasteiger charge is -2.36. The Hall–Kier alpha value is -1.14. The number of nitrogens with zero attached hydrogens (tertiary/aromatic N) is 3. The summed E-state index contributed by atoms with van der Waals surface area (Å²) in [5, 5.41) is 3.20. The highest BCUT2D eigenvalue weighted by Crippen LogP contribution is 2.11. The molecule has 1 N–H and O–H groups in total. The monoisotopic (exact) mass is 282 g/mol. The van der Waals surface area contributed by atoms with Gasteiger partial charge in [0.25, 0.3) is 0 Å². The second-order valence-corrected chi connectivity index (χ2v) is 5.84. The van der Waals surface area contributed by atoms with Crippen LogP contribution >= 0.6 is 0 Å². The topological polar surface area (TPSA) is 55.9 Å². The summed E-state index contributed by atoms with van der Waals surface area (Å²) in [5.74, 6) is 0.116. The molecule has 1 unspecified atom stereocenters. The largest absolute Gasteiger partial charge is 0.347 e. The zero-order valence-electron chi connectivity index (χ0n) is 12.6. The number of carbonyl (C=O) groups excluding carboxylic acids is 2. The van der Waals surface area contributed by atoms with Crippen molar-refractivity contribution in [1.82, 2.24) is 20.0 Å². The molecule has 2 fully saturated rings. The summed E-state index contributed by atoms with van der Waals surface area (Å²) in [5.41, 5.74) is 0. The van der Waals surface area contributed by atoms with Gasteiger partial charge in [0.05, 0.1) is 0 Å². The lowest BCUT2D eigenvalue weighted by atomic mass is 10.1. The zero-order chi connectivity index (χ0) is 14.5. The number of hydrogen-bond donors (Lipinski definition) is 1. The van der Waals surface area contributed by atoms with Crippen LogP contribution in [0, 0.1) is 0 Å². The van der Waals surface area contributed by atoms with E-state index in [1.807, 2.05) is 0 Å². The second kappa shape index (κ2) is 7.04. The highest BCUT2D eigenvalue weighted by Gasteiger charge is 2.32. The fourth-order valence-corrected chi connectivity index (χ4v) is 2.93. The molecule has 0 aromatic rings. The van der Waals surface area contributed by atoms with Gasteiger partial charge in [0, 0.05) is 46.7 Å². The smallest absolute Gasteiger partial charge is 0.246 e. The number of hydrogen-bond acceptors (Lipinski definition) is 4. The Labute approximate surface area is 121 Å². The predicted molar refractivity (Wildman–Crippen MR) is 77.4 cm³/mol. The average molecular weight is 282 g/mol. The van der Waals surface area contributed by atoms with Crippen LogP contribution in [0.25, 0.3) is 0 Å². The Morgan fingerprint density at radius 1 is 1.20 bits per heavy atom. The molecule has 2 aliphatic heterocycles. The zero-order valence-corrected chi connectivity index (χ0v) is 12.6. The number of amides is 2. The van der Waals surface area contributed by atoms with E-state index in [1.165, 1.54) is 12.8 Å². The van der Waals surface area contributed by atoms with Crippen LogP contribution in [0.1, 0.15) is 19.3 Å². The molecule has 0 bridgehead atoms. The van der Waals surface area contributed by atoms with Crippen LogP contribution in [-0.4, -0.2) is 85.9 Å². The second-order valence-electron chi connectivity index (χ2n) is 5.84. The van der Waals surface area contributed by atoms with Crippen LogP contribution in [0.2, 0.25) is 0 Å². The van der Waals surface area contributed by atoms with Crippen molar-refractivity contribution in [2.24, 2.45) is 0 Å². The molecule has 2 saturated heterocycles. The summed E-state index contributed by atoms with van der Waals surface area (Å²) in [6.07, 6.45) is 3.00. The van der Waals surface area contributed by atoms with Crippen LogP contribution in [0.4, 0.5) is 0 Å². The van der Waals surface area contributed by atoms with Gasteiger partial charge in [-0.15, -0.1) is 0 Å². The van der Waals surface area contributed by atoms with Crippen molar-refractivity contribution in [2.75, 3.05) is 53.4 Å². The molecule has 6 nitrogen and oxygen atoms in total. The molecule has 2 heterocycles. The number of rotatable bonds is 4. The molecule has 2 amide bonds. The molecule has 114 valence electrons. The quantitative estimate of drug-likeness (QED) is 0.745. The molecule has 20 heavy (non-hydrogen) atoms. The average Bonchev–Trinajstić information content (AvgIpc) is 2.97. The van der Waals surface area contributed by atoms with Crippen molar-refractivity contribution < 1.29 is 9.59 Å². The third kappa shape index (κ3) is 3.70. The molecular formula is C14H26N4O2. The molecule has 0 aliphatic carbocycles. The third-order valence-electron chi connectivity index (χ3n) is 4.13. The van der Waals surface area contributed by atoms with Crippen molar-refractivity contribution in [3.63, 3.8) is 0 Å². The van der Waals surface area contributed by atoms with E-state index >= 15 is 0 Å². The number of likely N-dealkylation sites (tertiary alicyclic amines) is 1. The van der Waals surface area contributed by atoms with Crippen molar-refractivity contribution in [3.05, 3.63) is 0 Å². The van der Waals surface area contributed by atoms with Crippen LogP contribution in [0.3, 0.4) is 0 Å². The van der Waals surface area contributed by atoms with E-state index in [1.54, 1.807) is 23.9 Å². The predicted octanol–water partition coefficient (Wildman–Crippen LogP) is -0.639. The summed E-state index contributed by atoms with van der Waals surface area (Å²) in [6, 6.07) is -0.343. The molecule has 1 atom stereocenters. The molecular weight excluding hydrogens is 256 g/mol. The first-order valence-corrected chi connectivity index (χ1v) is 7.53. The van der Waals surface area contributed by atoms with E-state index in [9.17, 15) is 9.59 Å². The first kappa shape index (κ1) is 15.3. The maximum absolute atomic E-state index is 12.4. The molecule has 0 aromatic carbocycles. The number of carbonyl (C=O) groups is 2. The van der Waals surface area contributed by atoms with Gasteiger partial charge < -0.3 is 20.0 Å². The summed E-state index contributed by atoms with van der Waals surface area (Å²) < 4.78 is 0. The summed E-state index contributed by atoms with van der Waals surface area (Å²) in [4.78, 5) is 30.2. The lowest BCUT2D eigenvalue weighted by Crippen LogP contribution is -2.59. The van der Waals surface area contributed by atoms with Gasteiger partial charge >= 0.3 is 0 Å². The molecule has 2 rings (SSSR count). The highest BCUT2D eigenvalue weighted by atomic mass is 16.2. The Morgan fingerprint density at radius 3 is 2.55 bits per heavy atom. The van der Waals surface area contributed by atoms with Gasteiger partial charge in [0.2, 0.25) is 11.8 Å². The normalized spacial score (nSPS) is 23.9. The first-order valence-electron chi connectivity index (χ1n) is 7.53. The first-order chi connectivity index (χ1) is 9.59. The Balaban J connectivity index is 1.89. The van der Waals surface area contributed by atoms with Gasteiger partial charge in [-0.3, -0.25) is 9.59 Å². The van der Waals surface area contributed by atoms with Gasteiger partial charge in [-0.25, -0.2) is 0 Å². The van der Waals surface area contributed by atoms with Crippen LogP contribution in [-0.2, 0) is 9.59 Å². The Morgan fingerprint density at radius 2 is 1.90 bits per heavy atom. The standard InChI is InChI=1S/C14H26N4O2/c1-16(2)14(20)12-11-15-6-10-18(12)13(19)5-9-17-7-3-4-8-17/h12,15H,3-11H2,1-2H3. The number of likely N-dealkylation sites (N-methyl/N-ethyl adjacent to an activating group) is 1. The Bertz CT molecular complexity index is 353. The lowest BCUT2D eigenvalue weighted by molar-refractivity contribution is -0.145. The van der Waals surface area contributed by atoms with Gasteiger partial charge in [0.1, 0.15) is 6.04 Å². The minimum Gasteiger partial charge on any atom is -0.347 e. The van der Waals surface area contributed by atoms with Crippen molar-refractivity contribution in [3.8, 4) is 0 Å². The molecule has 0 spiro atoms. The van der Waals surface area contributed by atoms with Crippen molar-refractivity contribution >= 4 is 11.8 Å². The minimum absolute atomic E-state index is 0.00622. The van der Waals surface area contributed by atoms with Gasteiger partial charge in [-0.05, 0) is 25.9 Å². The van der Waals surface area contributed by atoms with Crippen molar-refractivity contribution in [1.29, 1.82) is 0 Å². The van der Waals surface area contributed by atoms with E-state index in [2.05, 4.69) is 10.2 Å². The maximum atomic E-state index is 12.4. The number of piperazine rings is 1. The third-order valence-corrected chi connectivity index (χ3v) is 4.13. The SMILES string of the molecule is CN(C)C(=O)C1CNCCN1C(=O)CCN1CCCC1. The van der Waals surface area contributed by atoms with E-state index in [4.69, 9.17) is 0 Å². The highest BCUT2D eigenvalue weighted by molar-refractivity contribution is 5.88. The van der Waals surface area contributed by atoms with Crippen LogP contribution < -0.4 is 5.32 Å². The molecule has 2 aliphatic rings. The molecule has 0 saturated carbocycles. The molecule has 0 aromatic heterocycles. The fraction of sp³-hybridized carbons (Fsp3) is 0.857. The van der Waals surface area contributed by atoms with Gasteiger partial charge in [0.15, 0.2) is 0 Å². The Kier molecular flexibility index (Phi) is 5.37. The van der Waals surface area contributed by atoms with E-state index < -0.39 is 0 Å². The van der Waals surface area contributed by atoms with Crippen LogP contribution in [0.15, 0.2) is 0 Å². The number of nitrogens with one attached hydrogen (secondary N) is 1. The summed E-state index contributed by atoms with van der Waals surface area (Å²) in [7, 11) is 3.48. The molecule has 6 heteroatoms.